The van der Waals surface area contributed by atoms with Gasteiger partial charge in [-0.3, -0.25) is 4.57 Å². The molecule has 0 bridgehead atoms. The van der Waals surface area contributed by atoms with Gasteiger partial charge in [0.05, 0.1) is 29.1 Å². The minimum atomic E-state index is -0.212. The molecule has 3 heterocycles. The topological polar surface area (TPSA) is 24.3 Å². The first-order valence-electron chi connectivity index (χ1n) is 17.6. The molecule has 7 aromatic rings. The molecule has 0 spiro atoms. The third-order valence-corrected chi connectivity index (χ3v) is 10.8. The second-order valence-electron chi connectivity index (χ2n) is 14.1. The molecular formula is C46H40N4. The Morgan fingerprint density at radius 1 is 0.660 bits per heavy atom. The van der Waals surface area contributed by atoms with Crippen LogP contribution in [0.3, 0.4) is 0 Å². The van der Waals surface area contributed by atoms with E-state index in [4.69, 9.17) is 4.98 Å². The van der Waals surface area contributed by atoms with Gasteiger partial charge in [-0.1, -0.05) is 105 Å². The fraction of sp³-hybridized carbons (Fsp3) is 0.152. The van der Waals surface area contributed by atoms with Crippen LogP contribution >= 0.6 is 0 Å². The van der Waals surface area contributed by atoms with Crippen molar-refractivity contribution in [2.75, 3.05) is 16.5 Å². The first kappa shape index (κ1) is 30.2. The van der Waals surface area contributed by atoms with E-state index < -0.39 is 0 Å². The summed E-state index contributed by atoms with van der Waals surface area (Å²) in [7, 11) is 0. The summed E-state index contributed by atoms with van der Waals surface area (Å²) in [4.78, 5) is 9.89. The largest absolute Gasteiger partial charge is 0.325 e. The van der Waals surface area contributed by atoms with Crippen molar-refractivity contribution in [1.29, 1.82) is 0 Å². The molecule has 5 aromatic carbocycles. The highest BCUT2D eigenvalue weighted by atomic mass is 15.4. The number of hydrogen-bond donors (Lipinski definition) is 0. The standard InChI is InChI=1S/C46H40N4/c1-32-14-7-8-19-38(32)33-26-27-47-45(28-33)50-41-21-10-9-20-39(41)40-25-24-35(30-44(40)50)46(2,3)34-15-13-18-37(29-34)49-31-48(36-16-5-4-6-17-36)42-22-11-12-23-43(42)49/h4-12,14-17,19-30H,13,18,31H2,1-3H3. The van der Waals surface area contributed by atoms with Crippen molar-refractivity contribution in [1.82, 2.24) is 9.55 Å². The second kappa shape index (κ2) is 11.9. The molecule has 0 amide bonds. The first-order valence-corrected chi connectivity index (χ1v) is 17.6. The molecule has 4 nitrogen and oxygen atoms in total. The van der Waals surface area contributed by atoms with Gasteiger partial charge >= 0.3 is 0 Å². The molecule has 1 aliphatic carbocycles. The van der Waals surface area contributed by atoms with Crippen molar-refractivity contribution in [2.24, 2.45) is 0 Å². The van der Waals surface area contributed by atoms with Crippen LogP contribution in [0.25, 0.3) is 38.8 Å². The van der Waals surface area contributed by atoms with Crippen LogP contribution in [-0.4, -0.2) is 16.2 Å². The lowest BCUT2D eigenvalue weighted by atomic mass is 9.75. The van der Waals surface area contributed by atoms with Gasteiger partial charge in [-0.15, -0.1) is 0 Å². The number of anilines is 3. The molecule has 0 saturated carbocycles. The van der Waals surface area contributed by atoms with E-state index in [1.54, 1.807) is 0 Å². The zero-order chi connectivity index (χ0) is 33.8. The molecule has 1 aliphatic heterocycles. The molecule has 0 radical (unpaired) electrons. The van der Waals surface area contributed by atoms with Gasteiger partial charge in [0.1, 0.15) is 5.82 Å². The molecule has 50 heavy (non-hydrogen) atoms. The monoisotopic (exact) mass is 648 g/mol. The minimum absolute atomic E-state index is 0.212. The Bertz CT molecular complexity index is 2460. The summed E-state index contributed by atoms with van der Waals surface area (Å²) in [5.74, 6) is 0.932. The molecule has 0 saturated heterocycles. The van der Waals surface area contributed by atoms with Crippen molar-refractivity contribution in [2.45, 2.75) is 39.0 Å². The molecule has 2 aromatic heterocycles. The van der Waals surface area contributed by atoms with Crippen LogP contribution in [0.15, 0.2) is 163 Å². The number of para-hydroxylation sites is 4. The van der Waals surface area contributed by atoms with Crippen LogP contribution in [-0.2, 0) is 5.41 Å². The number of allylic oxidation sites excluding steroid dienone is 4. The summed E-state index contributed by atoms with van der Waals surface area (Å²) in [6, 6.07) is 48.2. The smallest absolute Gasteiger partial charge is 0.138 e. The molecule has 9 rings (SSSR count). The summed E-state index contributed by atoms with van der Waals surface area (Å²) in [5.41, 5.74) is 13.6. The van der Waals surface area contributed by atoms with Crippen LogP contribution in [0.1, 0.15) is 37.8 Å². The number of nitrogens with zero attached hydrogens (tertiary/aromatic N) is 4. The van der Waals surface area contributed by atoms with Gasteiger partial charge in [0.15, 0.2) is 0 Å². The fourth-order valence-electron chi connectivity index (χ4n) is 8.00. The number of fused-ring (bicyclic) bond motifs is 4. The van der Waals surface area contributed by atoms with E-state index in [2.05, 4.69) is 181 Å². The van der Waals surface area contributed by atoms with E-state index in [0.29, 0.717) is 0 Å². The highest BCUT2D eigenvalue weighted by molar-refractivity contribution is 6.09. The molecule has 0 atom stereocenters. The highest BCUT2D eigenvalue weighted by Crippen LogP contribution is 2.45. The van der Waals surface area contributed by atoms with Crippen LogP contribution in [0.4, 0.5) is 17.1 Å². The zero-order valence-electron chi connectivity index (χ0n) is 28.8. The molecule has 0 fully saturated rings. The highest BCUT2D eigenvalue weighted by Gasteiger charge is 2.32. The summed E-state index contributed by atoms with van der Waals surface area (Å²) < 4.78 is 2.35. The van der Waals surface area contributed by atoms with Crippen molar-refractivity contribution in [3.05, 3.63) is 174 Å². The van der Waals surface area contributed by atoms with E-state index in [-0.39, 0.29) is 5.41 Å². The van der Waals surface area contributed by atoms with Gasteiger partial charge in [-0.2, -0.15) is 0 Å². The number of benzene rings is 5. The van der Waals surface area contributed by atoms with E-state index in [0.717, 1.165) is 25.3 Å². The van der Waals surface area contributed by atoms with Crippen LogP contribution < -0.4 is 9.80 Å². The minimum Gasteiger partial charge on any atom is -0.325 e. The molecule has 2 aliphatic rings. The van der Waals surface area contributed by atoms with Gasteiger partial charge < -0.3 is 9.80 Å². The average Bonchev–Trinajstić information content (AvgIpc) is 3.72. The van der Waals surface area contributed by atoms with Crippen molar-refractivity contribution < 1.29 is 0 Å². The lowest BCUT2D eigenvalue weighted by Gasteiger charge is -2.33. The van der Waals surface area contributed by atoms with Crippen LogP contribution in [0.5, 0.6) is 0 Å². The Balaban J connectivity index is 1.12. The third-order valence-electron chi connectivity index (χ3n) is 10.8. The average molecular weight is 649 g/mol. The number of hydrogen-bond acceptors (Lipinski definition) is 3. The Labute approximate surface area is 294 Å². The lowest BCUT2D eigenvalue weighted by Crippen LogP contribution is -2.29. The van der Waals surface area contributed by atoms with Crippen molar-refractivity contribution in [3.8, 4) is 16.9 Å². The van der Waals surface area contributed by atoms with E-state index >= 15 is 0 Å². The maximum atomic E-state index is 4.95. The zero-order valence-corrected chi connectivity index (χ0v) is 28.8. The summed E-state index contributed by atoms with van der Waals surface area (Å²) in [6.07, 6.45) is 8.90. The maximum Gasteiger partial charge on any atom is 0.138 e. The fourth-order valence-corrected chi connectivity index (χ4v) is 8.00. The molecule has 4 heteroatoms. The number of aryl methyl sites for hydroxylation is 1. The third kappa shape index (κ3) is 4.94. The Hall–Kier alpha value is -5.87. The van der Waals surface area contributed by atoms with E-state index in [1.807, 2.05) is 6.20 Å². The maximum absolute atomic E-state index is 4.95. The predicted octanol–water partition coefficient (Wildman–Crippen LogP) is 11.7. The van der Waals surface area contributed by atoms with E-state index in [9.17, 15) is 0 Å². The van der Waals surface area contributed by atoms with E-state index in [1.165, 1.54) is 72.4 Å². The number of aromatic nitrogens is 2. The number of rotatable bonds is 6. The number of pyridine rings is 1. The predicted molar refractivity (Wildman–Crippen MR) is 210 cm³/mol. The summed E-state index contributed by atoms with van der Waals surface area (Å²) in [5, 5.41) is 2.48. The van der Waals surface area contributed by atoms with Gasteiger partial charge in [0, 0.05) is 33.8 Å². The molecular weight excluding hydrogens is 609 g/mol. The molecule has 0 unspecified atom stereocenters. The summed E-state index contributed by atoms with van der Waals surface area (Å²) in [6.45, 7) is 7.73. The molecule has 0 N–H and O–H groups in total. The second-order valence-corrected chi connectivity index (χ2v) is 14.1. The van der Waals surface area contributed by atoms with Crippen molar-refractivity contribution >= 4 is 38.9 Å². The van der Waals surface area contributed by atoms with Crippen molar-refractivity contribution in [3.63, 3.8) is 0 Å². The Morgan fingerprint density at radius 2 is 1.38 bits per heavy atom. The van der Waals surface area contributed by atoms with Gasteiger partial charge in [-0.05, 0) is 102 Å². The SMILES string of the molecule is Cc1ccccc1-c1ccnc(-n2c3ccccc3c3ccc(C(C)(C)C4=CCCC(N5CN(c6ccccc6)c6ccccc65)=C4)cc32)c1. The van der Waals surface area contributed by atoms with Gasteiger partial charge in [-0.25, -0.2) is 4.98 Å². The van der Waals surface area contributed by atoms with Gasteiger partial charge in [0.25, 0.3) is 0 Å². The molecule has 244 valence electrons. The van der Waals surface area contributed by atoms with Gasteiger partial charge in [0.2, 0.25) is 0 Å². The summed E-state index contributed by atoms with van der Waals surface area (Å²) >= 11 is 0. The first-order chi connectivity index (χ1) is 24.5. The van der Waals surface area contributed by atoms with Crippen LogP contribution in [0.2, 0.25) is 0 Å². The Morgan fingerprint density at radius 3 is 2.22 bits per heavy atom. The normalized spacial score (nSPS) is 14.6. The quantitative estimate of drug-likeness (QED) is 0.179. The Kier molecular flexibility index (Phi) is 7.20. The lowest BCUT2D eigenvalue weighted by molar-refractivity contribution is 0.626. The van der Waals surface area contributed by atoms with Crippen LogP contribution in [0, 0.1) is 6.92 Å².